The number of hydrogen-bond acceptors (Lipinski definition) is 5. The molecule has 154 valence electrons. The summed E-state index contributed by atoms with van der Waals surface area (Å²) in [6.07, 6.45) is 11.4. The van der Waals surface area contributed by atoms with E-state index in [0.29, 0.717) is 11.8 Å². The third-order valence-corrected chi connectivity index (χ3v) is 20.6. The molecule has 0 amide bonds. The van der Waals surface area contributed by atoms with Crippen molar-refractivity contribution in [3.63, 3.8) is 0 Å². The number of nitrogens with zero attached hydrogens (tertiary/aromatic N) is 3. The van der Waals surface area contributed by atoms with Crippen LogP contribution >= 0.6 is 0 Å². The molecule has 0 aliphatic carbocycles. The van der Waals surface area contributed by atoms with Gasteiger partial charge in [-0.2, -0.15) is 0 Å². The van der Waals surface area contributed by atoms with Crippen molar-refractivity contribution in [3.05, 3.63) is 30.6 Å². The van der Waals surface area contributed by atoms with Gasteiger partial charge in [0, 0.05) is 0 Å². The molecule has 2 aromatic heterocycles. The first-order valence-electron chi connectivity index (χ1n) is 10.8. The van der Waals surface area contributed by atoms with Crippen molar-refractivity contribution in [2.24, 2.45) is 0 Å². The molecule has 0 saturated carbocycles. The topological polar surface area (TPSA) is 59.9 Å². The Labute approximate surface area is 174 Å². The Morgan fingerprint density at radius 2 is 1.54 bits per heavy atom. The molecule has 5 nitrogen and oxygen atoms in total. The minimum absolute atomic E-state index is 0.564. The average molecular weight is 491 g/mol. The molecule has 0 saturated heterocycles. The van der Waals surface area contributed by atoms with E-state index in [1.165, 1.54) is 55.5 Å². The molecule has 28 heavy (non-hydrogen) atoms. The fraction of sp³-hybridized carbons (Fsp3) is 0.591. The van der Waals surface area contributed by atoms with Crippen LogP contribution in [0.15, 0.2) is 30.6 Å². The molecule has 0 radical (unpaired) electrons. The van der Waals surface area contributed by atoms with E-state index in [1.807, 2.05) is 18.3 Å². The second-order valence-electron chi connectivity index (χ2n) is 7.54. The van der Waals surface area contributed by atoms with Crippen LogP contribution in [0.4, 0.5) is 11.6 Å². The van der Waals surface area contributed by atoms with Crippen LogP contribution in [0.3, 0.4) is 0 Å². The van der Waals surface area contributed by atoms with Gasteiger partial charge < -0.3 is 0 Å². The first-order valence-corrected chi connectivity index (χ1v) is 18.3. The van der Waals surface area contributed by atoms with Crippen molar-refractivity contribution in [1.82, 2.24) is 15.0 Å². The number of anilines is 2. The predicted octanol–water partition coefficient (Wildman–Crippen LogP) is 5.68. The molecule has 0 fully saturated rings. The van der Waals surface area contributed by atoms with Crippen molar-refractivity contribution in [3.8, 4) is 5.88 Å². The van der Waals surface area contributed by atoms with Crippen molar-refractivity contribution >= 4 is 33.7 Å². The Balaban J connectivity index is 2.35. The number of ether oxygens (including phenoxy) is 1. The number of methoxy groups -OCH3 is 1. The van der Waals surface area contributed by atoms with E-state index in [4.69, 9.17) is 9.72 Å². The minimum atomic E-state index is -2.56. The molecule has 2 rings (SSSR count). The quantitative estimate of drug-likeness (QED) is 0.366. The van der Waals surface area contributed by atoms with Crippen LogP contribution in [0.5, 0.6) is 5.88 Å². The van der Waals surface area contributed by atoms with Gasteiger partial charge in [-0.1, -0.05) is 0 Å². The molecule has 0 atom stereocenters. The number of nitrogens with one attached hydrogen (secondary N) is 1. The summed E-state index contributed by atoms with van der Waals surface area (Å²) < 4.78 is 10.9. The van der Waals surface area contributed by atoms with Gasteiger partial charge in [0.25, 0.3) is 0 Å². The first-order chi connectivity index (χ1) is 13.7. The fourth-order valence-corrected chi connectivity index (χ4v) is 19.1. The van der Waals surface area contributed by atoms with Crippen molar-refractivity contribution in [1.29, 1.82) is 0 Å². The molecule has 2 heterocycles. The maximum atomic E-state index is 5.36. The van der Waals surface area contributed by atoms with Gasteiger partial charge in [-0.3, -0.25) is 0 Å². The standard InChI is InChI=1S/C10H9N4O.3C4H9.Sn/c1-15-9-8(4-2-5-11-9)14-10-12-6-3-7-13-10;3*1-3-4-2;/h2-6H,1H3,(H,12,13,14);3*1,3-4H2,2H3;. The van der Waals surface area contributed by atoms with Gasteiger partial charge in [0.05, 0.1) is 0 Å². The first kappa shape index (κ1) is 22.9. The number of hydrogen-bond donors (Lipinski definition) is 1. The van der Waals surface area contributed by atoms with E-state index in [9.17, 15) is 0 Å². The molecule has 0 unspecified atom stereocenters. The van der Waals surface area contributed by atoms with Crippen LogP contribution in [0, 0.1) is 0 Å². The van der Waals surface area contributed by atoms with Gasteiger partial charge >= 0.3 is 175 Å². The zero-order valence-electron chi connectivity index (χ0n) is 18.0. The zero-order chi connectivity index (χ0) is 20.2. The van der Waals surface area contributed by atoms with E-state index in [1.54, 1.807) is 13.3 Å². The van der Waals surface area contributed by atoms with E-state index < -0.39 is 18.4 Å². The van der Waals surface area contributed by atoms with Gasteiger partial charge in [0.2, 0.25) is 0 Å². The molecule has 0 aliphatic heterocycles. The Morgan fingerprint density at radius 1 is 0.893 bits per heavy atom. The van der Waals surface area contributed by atoms with E-state index in [-0.39, 0.29) is 0 Å². The van der Waals surface area contributed by atoms with E-state index >= 15 is 0 Å². The summed E-state index contributed by atoms with van der Waals surface area (Å²) in [5, 5.41) is 3.33. The Kier molecular flexibility index (Phi) is 10.0. The second kappa shape index (κ2) is 12.2. The van der Waals surface area contributed by atoms with Gasteiger partial charge in [-0.15, -0.1) is 0 Å². The molecular weight excluding hydrogens is 455 g/mol. The summed E-state index contributed by atoms with van der Waals surface area (Å²) in [5.41, 5.74) is 0.804. The Morgan fingerprint density at radius 3 is 2.11 bits per heavy atom. The molecule has 1 N–H and O–H groups in total. The summed E-state index contributed by atoms with van der Waals surface area (Å²) in [7, 11) is 1.63. The number of pyridine rings is 1. The van der Waals surface area contributed by atoms with Crippen molar-refractivity contribution < 1.29 is 4.74 Å². The normalized spacial score (nSPS) is 11.4. The predicted molar refractivity (Wildman–Crippen MR) is 121 cm³/mol. The number of unbranched alkanes of at least 4 members (excludes halogenated alkanes) is 3. The van der Waals surface area contributed by atoms with Crippen molar-refractivity contribution in [2.45, 2.75) is 72.6 Å². The number of aromatic nitrogens is 3. The molecule has 2 aromatic rings. The van der Waals surface area contributed by atoms with Crippen LogP contribution < -0.4 is 13.8 Å². The van der Waals surface area contributed by atoms with Crippen LogP contribution in [0.1, 0.15) is 59.3 Å². The molecule has 0 spiro atoms. The van der Waals surface area contributed by atoms with E-state index in [0.717, 1.165) is 5.69 Å². The summed E-state index contributed by atoms with van der Waals surface area (Å²) in [5.74, 6) is 1.23. The molecule has 0 aromatic carbocycles. The third kappa shape index (κ3) is 6.32. The zero-order valence-corrected chi connectivity index (χ0v) is 20.9. The van der Waals surface area contributed by atoms with Gasteiger partial charge in [0.1, 0.15) is 0 Å². The monoisotopic (exact) mass is 492 g/mol. The van der Waals surface area contributed by atoms with Crippen molar-refractivity contribution in [2.75, 3.05) is 12.4 Å². The summed E-state index contributed by atoms with van der Waals surface area (Å²) in [6.45, 7) is 6.91. The molecular formula is C22H36N4OSn. The van der Waals surface area contributed by atoms with Gasteiger partial charge in [-0.25, -0.2) is 0 Å². The second-order valence-corrected chi connectivity index (χ2v) is 20.6. The summed E-state index contributed by atoms with van der Waals surface area (Å²) in [6, 6.07) is 6.05. The third-order valence-electron chi connectivity index (χ3n) is 5.44. The van der Waals surface area contributed by atoms with Crippen LogP contribution in [-0.4, -0.2) is 40.4 Å². The van der Waals surface area contributed by atoms with Crippen LogP contribution in [0.2, 0.25) is 13.3 Å². The van der Waals surface area contributed by atoms with Gasteiger partial charge in [-0.05, 0) is 0 Å². The Hall–Kier alpha value is -1.37. The van der Waals surface area contributed by atoms with Gasteiger partial charge in [0.15, 0.2) is 0 Å². The fourth-order valence-electron chi connectivity index (χ4n) is 3.79. The molecule has 6 heteroatoms. The summed E-state index contributed by atoms with van der Waals surface area (Å²) in [4.78, 5) is 13.8. The molecule has 0 bridgehead atoms. The average Bonchev–Trinajstić information content (AvgIpc) is 2.74. The summed E-state index contributed by atoms with van der Waals surface area (Å²) >= 11 is -2.56. The maximum absolute atomic E-state index is 5.36. The molecule has 0 aliphatic rings. The van der Waals surface area contributed by atoms with Crippen LogP contribution in [0.25, 0.3) is 0 Å². The Bertz CT molecular complexity index is 689. The van der Waals surface area contributed by atoms with Crippen LogP contribution in [-0.2, 0) is 0 Å². The number of rotatable bonds is 13. The SMILES string of the molecule is CCC[CH2][Sn]([CH2]CCC)([CH2]CCC)[c]1ccnc(Nc2cccnc2OC)n1. The van der Waals surface area contributed by atoms with E-state index in [2.05, 4.69) is 42.1 Å².